The normalized spacial score (nSPS) is 11.1. The van der Waals surface area contributed by atoms with Crippen LogP contribution in [0.2, 0.25) is 0 Å². The van der Waals surface area contributed by atoms with Crippen LogP contribution in [-0.2, 0) is 0 Å². The number of aromatic nitrogens is 1. The third-order valence-corrected chi connectivity index (χ3v) is 3.14. The zero-order valence-electron chi connectivity index (χ0n) is 11.6. The first-order chi connectivity index (χ1) is 11.0. The Morgan fingerprint density at radius 3 is 2.52 bits per heavy atom. The van der Waals surface area contributed by atoms with Gasteiger partial charge in [-0.1, -0.05) is 12.1 Å². The second-order valence-electron chi connectivity index (χ2n) is 4.61. The van der Waals surface area contributed by atoms with Gasteiger partial charge in [0, 0.05) is 24.3 Å². The Kier molecular flexibility index (Phi) is 3.55. The van der Waals surface area contributed by atoms with Crippen molar-refractivity contribution < 1.29 is 14.3 Å². The van der Waals surface area contributed by atoms with Gasteiger partial charge >= 0.3 is 0 Å². The molecule has 0 aliphatic carbocycles. The Bertz CT molecular complexity index is 945. The summed E-state index contributed by atoms with van der Waals surface area (Å²) in [5.74, 6) is 0.207. The maximum Gasteiger partial charge on any atom is 0.276 e. The highest BCUT2D eigenvalue weighted by atomic mass is 16.6. The predicted molar refractivity (Wildman–Crippen MR) is 82.7 cm³/mol. The molecule has 0 unspecified atom stereocenters. The van der Waals surface area contributed by atoms with Gasteiger partial charge in [-0.05, 0) is 18.2 Å². The summed E-state index contributed by atoms with van der Waals surface area (Å²) in [6.07, 6.45) is 2.99. The molecule has 0 radical (unpaired) electrons. The third kappa shape index (κ3) is 2.91. The van der Waals surface area contributed by atoms with Crippen LogP contribution in [0.1, 0.15) is 11.5 Å². The summed E-state index contributed by atoms with van der Waals surface area (Å²) in [5, 5.41) is 21.7. The van der Waals surface area contributed by atoms with Crippen molar-refractivity contribution in [2.45, 2.75) is 0 Å². The standard InChI is InChI=1S/C15H9N3O5/c19-17(20)11-6-7-14-12(9-11)16-15(23-14)8-5-10-3-1-2-4-13(10)18(21)22/h1-9H/b8-5+. The van der Waals surface area contributed by atoms with Gasteiger partial charge in [-0.15, -0.1) is 0 Å². The van der Waals surface area contributed by atoms with E-state index in [1.807, 2.05) is 0 Å². The van der Waals surface area contributed by atoms with E-state index in [9.17, 15) is 20.2 Å². The van der Waals surface area contributed by atoms with Crippen LogP contribution in [0.25, 0.3) is 23.3 Å². The predicted octanol–water partition coefficient (Wildman–Crippen LogP) is 3.81. The molecule has 8 heteroatoms. The number of para-hydroxylation sites is 1. The van der Waals surface area contributed by atoms with Crippen LogP contribution in [0.4, 0.5) is 11.4 Å². The number of nitro groups is 2. The van der Waals surface area contributed by atoms with Gasteiger partial charge in [-0.3, -0.25) is 20.2 Å². The van der Waals surface area contributed by atoms with E-state index in [1.54, 1.807) is 18.2 Å². The van der Waals surface area contributed by atoms with E-state index in [2.05, 4.69) is 4.98 Å². The van der Waals surface area contributed by atoms with E-state index in [-0.39, 0.29) is 17.3 Å². The fourth-order valence-corrected chi connectivity index (χ4v) is 2.07. The summed E-state index contributed by atoms with van der Waals surface area (Å²) in [4.78, 5) is 24.8. The minimum atomic E-state index is -0.517. The number of fused-ring (bicyclic) bond motifs is 1. The summed E-state index contributed by atoms with van der Waals surface area (Å²) in [6.45, 7) is 0. The van der Waals surface area contributed by atoms with Crippen LogP contribution in [0.15, 0.2) is 46.9 Å². The molecule has 8 nitrogen and oxygen atoms in total. The van der Waals surface area contributed by atoms with Crippen molar-refractivity contribution in [3.05, 3.63) is 74.1 Å². The first-order valence-corrected chi connectivity index (χ1v) is 6.51. The number of oxazole rings is 1. The monoisotopic (exact) mass is 311 g/mol. The van der Waals surface area contributed by atoms with E-state index in [1.165, 1.54) is 36.4 Å². The quantitative estimate of drug-likeness (QED) is 0.534. The van der Waals surface area contributed by atoms with Gasteiger partial charge in [-0.2, -0.15) is 0 Å². The van der Waals surface area contributed by atoms with Crippen LogP contribution in [-0.4, -0.2) is 14.8 Å². The van der Waals surface area contributed by atoms with E-state index < -0.39 is 9.85 Å². The average Bonchev–Trinajstić information content (AvgIpc) is 2.94. The lowest BCUT2D eigenvalue weighted by Crippen LogP contribution is -1.90. The fourth-order valence-electron chi connectivity index (χ4n) is 2.07. The molecule has 0 fully saturated rings. The topological polar surface area (TPSA) is 112 Å². The van der Waals surface area contributed by atoms with Crippen LogP contribution in [0.5, 0.6) is 0 Å². The first-order valence-electron chi connectivity index (χ1n) is 6.51. The molecule has 1 aromatic heterocycles. The summed E-state index contributed by atoms with van der Waals surface area (Å²) >= 11 is 0. The van der Waals surface area contributed by atoms with Crippen LogP contribution in [0.3, 0.4) is 0 Å². The number of non-ortho nitro benzene ring substituents is 1. The first kappa shape index (κ1) is 14.4. The molecule has 0 atom stereocenters. The van der Waals surface area contributed by atoms with Crippen molar-refractivity contribution in [2.75, 3.05) is 0 Å². The fraction of sp³-hybridized carbons (Fsp3) is 0. The Labute approximate surface area is 129 Å². The van der Waals surface area contributed by atoms with E-state index >= 15 is 0 Å². The highest BCUT2D eigenvalue weighted by Gasteiger charge is 2.12. The molecule has 0 amide bonds. The van der Waals surface area contributed by atoms with E-state index in [4.69, 9.17) is 4.42 Å². The lowest BCUT2D eigenvalue weighted by Gasteiger charge is -1.95. The second-order valence-corrected chi connectivity index (χ2v) is 4.61. The van der Waals surface area contributed by atoms with E-state index in [0.717, 1.165) is 0 Å². The zero-order chi connectivity index (χ0) is 16.4. The van der Waals surface area contributed by atoms with Gasteiger partial charge in [0.1, 0.15) is 5.52 Å². The second kappa shape index (κ2) is 5.68. The summed E-state index contributed by atoms with van der Waals surface area (Å²) in [7, 11) is 0. The summed E-state index contributed by atoms with van der Waals surface area (Å²) < 4.78 is 5.43. The Morgan fingerprint density at radius 1 is 1.00 bits per heavy atom. The van der Waals surface area contributed by atoms with Gasteiger partial charge in [0.15, 0.2) is 5.58 Å². The van der Waals surface area contributed by atoms with Gasteiger partial charge in [-0.25, -0.2) is 4.98 Å². The molecule has 0 saturated heterocycles. The number of nitro benzene ring substituents is 2. The molecule has 0 saturated carbocycles. The molecule has 0 aliphatic heterocycles. The molecule has 1 heterocycles. The highest BCUT2D eigenvalue weighted by molar-refractivity contribution is 5.79. The zero-order valence-corrected chi connectivity index (χ0v) is 11.6. The molecule has 3 aromatic rings. The Balaban J connectivity index is 1.95. The molecule has 3 rings (SSSR count). The lowest BCUT2D eigenvalue weighted by atomic mass is 10.1. The number of rotatable bonds is 4. The lowest BCUT2D eigenvalue weighted by molar-refractivity contribution is -0.385. The maximum atomic E-state index is 10.9. The molecular weight excluding hydrogens is 302 g/mol. The van der Waals surface area contributed by atoms with Gasteiger partial charge in [0.05, 0.1) is 15.4 Å². The number of benzene rings is 2. The summed E-state index contributed by atoms with van der Waals surface area (Å²) in [5.41, 5.74) is 1.04. The van der Waals surface area contributed by atoms with Crippen LogP contribution >= 0.6 is 0 Å². The molecule has 2 aromatic carbocycles. The molecular formula is C15H9N3O5. The smallest absolute Gasteiger partial charge is 0.276 e. The minimum absolute atomic E-state index is 0.0319. The number of nitrogens with zero attached hydrogens (tertiary/aromatic N) is 3. The number of hydrogen-bond acceptors (Lipinski definition) is 6. The highest BCUT2D eigenvalue weighted by Crippen LogP contribution is 2.24. The van der Waals surface area contributed by atoms with Crippen molar-refractivity contribution in [3.8, 4) is 0 Å². The van der Waals surface area contributed by atoms with Crippen molar-refractivity contribution in [3.63, 3.8) is 0 Å². The van der Waals surface area contributed by atoms with Gasteiger partial charge < -0.3 is 4.42 Å². The van der Waals surface area contributed by atoms with Crippen molar-refractivity contribution in [2.24, 2.45) is 0 Å². The SMILES string of the molecule is O=[N+]([O-])c1ccc2oc(/C=C/c3ccccc3[N+](=O)[O-])nc2c1. The summed E-state index contributed by atoms with van der Waals surface area (Å²) in [6, 6.07) is 10.3. The van der Waals surface area contributed by atoms with Gasteiger partial charge in [0.25, 0.3) is 11.4 Å². The molecule has 0 spiro atoms. The molecule has 114 valence electrons. The van der Waals surface area contributed by atoms with Crippen LogP contribution in [0, 0.1) is 20.2 Å². The third-order valence-electron chi connectivity index (χ3n) is 3.14. The van der Waals surface area contributed by atoms with Crippen molar-refractivity contribution in [1.82, 2.24) is 4.98 Å². The Morgan fingerprint density at radius 2 is 1.78 bits per heavy atom. The maximum absolute atomic E-state index is 10.9. The molecule has 0 N–H and O–H groups in total. The Hall–Kier alpha value is -3.55. The van der Waals surface area contributed by atoms with Crippen LogP contribution < -0.4 is 0 Å². The largest absolute Gasteiger partial charge is 0.437 e. The van der Waals surface area contributed by atoms with Crippen molar-refractivity contribution >= 4 is 34.6 Å². The average molecular weight is 311 g/mol. The molecule has 0 bridgehead atoms. The van der Waals surface area contributed by atoms with Gasteiger partial charge in [0.2, 0.25) is 5.89 Å². The number of hydrogen-bond donors (Lipinski definition) is 0. The molecule has 0 aliphatic rings. The molecule has 23 heavy (non-hydrogen) atoms. The van der Waals surface area contributed by atoms with Crippen molar-refractivity contribution in [1.29, 1.82) is 0 Å². The minimum Gasteiger partial charge on any atom is -0.437 e. The van der Waals surface area contributed by atoms with E-state index in [0.29, 0.717) is 16.7 Å².